The molecule has 7 heteroatoms. The van der Waals surface area contributed by atoms with E-state index >= 15 is 0 Å². The van der Waals surface area contributed by atoms with Crippen LogP contribution in [-0.4, -0.2) is 45.6 Å². The second-order valence-corrected chi connectivity index (χ2v) is 7.49. The first kappa shape index (κ1) is 24.0. The van der Waals surface area contributed by atoms with Crippen LogP contribution in [0, 0.1) is 0 Å². The Balaban J connectivity index is 0.00000320. The molecule has 1 aliphatic heterocycles. The number of nitrogens with one attached hydrogen (secondary N) is 3. The first-order valence-electron chi connectivity index (χ1n) is 10.2. The number of halogens is 1. The molecule has 3 N–H and O–H groups in total. The van der Waals surface area contributed by atoms with Crippen LogP contribution in [-0.2, 0) is 11.2 Å². The zero-order chi connectivity index (χ0) is 20.6. The van der Waals surface area contributed by atoms with E-state index in [4.69, 9.17) is 4.99 Å². The summed E-state index contributed by atoms with van der Waals surface area (Å²) in [6.45, 7) is 4.23. The summed E-state index contributed by atoms with van der Waals surface area (Å²) in [6.07, 6.45) is 1.39. The fourth-order valence-corrected chi connectivity index (χ4v) is 3.49. The van der Waals surface area contributed by atoms with Gasteiger partial charge in [-0.2, -0.15) is 0 Å². The van der Waals surface area contributed by atoms with E-state index in [1.807, 2.05) is 32.3 Å². The van der Waals surface area contributed by atoms with Crippen molar-refractivity contribution in [3.05, 3.63) is 59.7 Å². The lowest BCUT2D eigenvalue weighted by Gasteiger charge is -2.24. The average Bonchev–Trinajstić information content (AvgIpc) is 2.72. The van der Waals surface area contributed by atoms with Crippen molar-refractivity contribution >= 4 is 47.2 Å². The summed E-state index contributed by atoms with van der Waals surface area (Å²) in [5, 5.41) is 9.65. The summed E-state index contributed by atoms with van der Waals surface area (Å²) in [7, 11) is 4.09. The van der Waals surface area contributed by atoms with E-state index in [1.165, 1.54) is 11.3 Å². The Labute approximate surface area is 196 Å². The van der Waals surface area contributed by atoms with Gasteiger partial charge in [0.15, 0.2) is 5.96 Å². The molecule has 6 nitrogen and oxygen atoms in total. The molecular weight excluding hydrogens is 489 g/mol. The fraction of sp³-hybridized carbons (Fsp3) is 0.391. The smallest absolute Gasteiger partial charge is 0.225 e. The van der Waals surface area contributed by atoms with Gasteiger partial charge in [-0.3, -0.25) is 9.79 Å². The quantitative estimate of drug-likeness (QED) is 0.296. The second-order valence-electron chi connectivity index (χ2n) is 7.49. The molecule has 0 saturated heterocycles. The number of para-hydroxylation sites is 1. The van der Waals surface area contributed by atoms with Gasteiger partial charge >= 0.3 is 0 Å². The molecule has 1 unspecified atom stereocenters. The van der Waals surface area contributed by atoms with Gasteiger partial charge in [0.2, 0.25) is 5.91 Å². The van der Waals surface area contributed by atoms with E-state index in [2.05, 4.69) is 58.1 Å². The Bertz CT molecular complexity index is 851. The van der Waals surface area contributed by atoms with E-state index in [0.29, 0.717) is 13.0 Å². The van der Waals surface area contributed by atoms with E-state index in [0.717, 1.165) is 36.7 Å². The number of amides is 1. The Hall–Kier alpha value is -2.29. The molecule has 3 rings (SSSR count). The third kappa shape index (κ3) is 6.62. The molecule has 30 heavy (non-hydrogen) atoms. The summed E-state index contributed by atoms with van der Waals surface area (Å²) in [5.41, 5.74) is 4.56. The van der Waals surface area contributed by atoms with Crippen LogP contribution in [0.25, 0.3) is 0 Å². The van der Waals surface area contributed by atoms with Crippen molar-refractivity contribution in [3.8, 4) is 0 Å². The van der Waals surface area contributed by atoms with Crippen molar-refractivity contribution < 1.29 is 4.79 Å². The van der Waals surface area contributed by atoms with Crippen LogP contribution in [0.1, 0.15) is 30.4 Å². The predicted molar refractivity (Wildman–Crippen MR) is 136 cm³/mol. The largest absolute Gasteiger partial charge is 0.378 e. The highest BCUT2D eigenvalue weighted by Crippen LogP contribution is 2.31. The molecule has 2 aromatic rings. The van der Waals surface area contributed by atoms with E-state index in [9.17, 15) is 4.79 Å². The zero-order valence-electron chi connectivity index (χ0n) is 17.9. The van der Waals surface area contributed by atoms with E-state index in [-0.39, 0.29) is 35.8 Å². The fourth-order valence-electron chi connectivity index (χ4n) is 3.49. The van der Waals surface area contributed by atoms with Gasteiger partial charge in [0.1, 0.15) is 0 Å². The van der Waals surface area contributed by atoms with Crippen LogP contribution in [0.2, 0.25) is 0 Å². The Morgan fingerprint density at radius 3 is 2.57 bits per heavy atom. The first-order valence-corrected chi connectivity index (χ1v) is 10.2. The number of carbonyl (C=O) groups is 1. The number of hydrogen-bond acceptors (Lipinski definition) is 3. The third-order valence-corrected chi connectivity index (χ3v) is 5.08. The highest BCUT2D eigenvalue weighted by molar-refractivity contribution is 14.0. The molecule has 0 aromatic heterocycles. The van der Waals surface area contributed by atoms with Crippen LogP contribution < -0.4 is 20.9 Å². The van der Waals surface area contributed by atoms with E-state index < -0.39 is 0 Å². The van der Waals surface area contributed by atoms with Gasteiger partial charge in [-0.25, -0.2) is 0 Å². The number of carbonyl (C=O) groups excluding carboxylic acids is 1. The van der Waals surface area contributed by atoms with Crippen LogP contribution in [0.4, 0.5) is 11.4 Å². The topological polar surface area (TPSA) is 68.8 Å². The average molecular weight is 521 g/mol. The highest BCUT2D eigenvalue weighted by atomic mass is 127. The first-order chi connectivity index (χ1) is 14.1. The van der Waals surface area contributed by atoms with Crippen molar-refractivity contribution in [1.29, 1.82) is 0 Å². The molecule has 1 aliphatic rings. The van der Waals surface area contributed by atoms with Crippen molar-refractivity contribution in [1.82, 2.24) is 10.6 Å². The monoisotopic (exact) mass is 521 g/mol. The third-order valence-electron chi connectivity index (χ3n) is 5.08. The predicted octanol–water partition coefficient (Wildman–Crippen LogP) is 3.59. The summed E-state index contributed by atoms with van der Waals surface area (Å²) in [4.78, 5) is 18.9. The number of nitrogens with zero attached hydrogens (tertiary/aromatic N) is 2. The lowest BCUT2D eigenvalue weighted by molar-refractivity contribution is -0.116. The lowest BCUT2D eigenvalue weighted by Crippen LogP contribution is -2.38. The number of hydrogen-bond donors (Lipinski definition) is 3. The summed E-state index contributed by atoms with van der Waals surface area (Å²) in [5.74, 6) is 0.956. The number of benzene rings is 2. The molecule has 0 saturated carbocycles. The van der Waals surface area contributed by atoms with Crippen LogP contribution in [0.3, 0.4) is 0 Å². The lowest BCUT2D eigenvalue weighted by atomic mass is 9.91. The SMILES string of the molecule is CCNC(=NCC1CC(=O)Nc2ccccc21)NCCc1ccc(N(C)C)cc1.I. The Kier molecular flexibility index (Phi) is 9.42. The maximum absolute atomic E-state index is 12.0. The summed E-state index contributed by atoms with van der Waals surface area (Å²) >= 11 is 0. The molecular formula is C23H32IN5O. The van der Waals surface area contributed by atoms with Crippen LogP contribution >= 0.6 is 24.0 Å². The van der Waals surface area contributed by atoms with Crippen molar-refractivity contribution in [2.24, 2.45) is 4.99 Å². The van der Waals surface area contributed by atoms with Gasteiger partial charge in [0.25, 0.3) is 0 Å². The number of guanidine groups is 1. The molecule has 0 aliphatic carbocycles. The van der Waals surface area contributed by atoms with Crippen molar-refractivity contribution in [2.45, 2.75) is 25.7 Å². The number of fused-ring (bicyclic) bond motifs is 1. The molecule has 0 spiro atoms. The molecule has 1 heterocycles. The van der Waals surface area contributed by atoms with Crippen molar-refractivity contribution in [2.75, 3.05) is 43.9 Å². The van der Waals surface area contributed by atoms with Crippen LogP contribution in [0.5, 0.6) is 0 Å². The zero-order valence-corrected chi connectivity index (χ0v) is 20.3. The molecule has 0 fully saturated rings. The van der Waals surface area contributed by atoms with Gasteiger partial charge in [-0.15, -0.1) is 24.0 Å². The minimum atomic E-state index is 0. The van der Waals surface area contributed by atoms with Gasteiger partial charge < -0.3 is 20.9 Å². The minimum absolute atomic E-state index is 0. The van der Waals surface area contributed by atoms with Crippen LogP contribution in [0.15, 0.2) is 53.5 Å². The molecule has 1 amide bonds. The van der Waals surface area contributed by atoms with Gasteiger partial charge in [0.05, 0.1) is 6.54 Å². The van der Waals surface area contributed by atoms with Gasteiger partial charge in [0, 0.05) is 50.9 Å². The van der Waals surface area contributed by atoms with Crippen molar-refractivity contribution in [3.63, 3.8) is 0 Å². The maximum atomic E-state index is 12.0. The molecule has 162 valence electrons. The minimum Gasteiger partial charge on any atom is -0.378 e. The highest BCUT2D eigenvalue weighted by Gasteiger charge is 2.24. The molecule has 0 radical (unpaired) electrons. The molecule has 1 atom stereocenters. The summed E-state index contributed by atoms with van der Waals surface area (Å²) < 4.78 is 0. The molecule has 0 bridgehead atoms. The van der Waals surface area contributed by atoms with Gasteiger partial charge in [-0.1, -0.05) is 30.3 Å². The summed E-state index contributed by atoms with van der Waals surface area (Å²) in [6, 6.07) is 16.6. The number of anilines is 2. The number of aliphatic imine (C=N–C) groups is 1. The molecule has 2 aromatic carbocycles. The normalized spacial score (nSPS) is 15.5. The standard InChI is InChI=1S/C23H31N5O.HI/c1-4-24-23(25-14-13-17-9-11-19(12-10-17)28(2)3)26-16-18-15-22(29)27-21-8-6-5-7-20(18)21;/h5-12,18H,4,13-16H2,1-3H3,(H,27,29)(H2,24,25,26);1H. The Morgan fingerprint density at radius 2 is 1.87 bits per heavy atom. The Morgan fingerprint density at radius 1 is 1.13 bits per heavy atom. The second kappa shape index (κ2) is 11.8. The maximum Gasteiger partial charge on any atom is 0.225 e. The number of rotatable bonds is 7. The van der Waals surface area contributed by atoms with E-state index in [1.54, 1.807) is 0 Å². The van der Waals surface area contributed by atoms with Gasteiger partial charge in [-0.05, 0) is 42.7 Å².